The average molecular weight is 264 g/mol. The molecular weight excluding hydrogens is 244 g/mol. The molecule has 1 aliphatic rings. The number of hydrogen-bond acceptors (Lipinski definition) is 5. The minimum Gasteiger partial charge on any atom is -0.444 e. The van der Waals surface area contributed by atoms with E-state index in [-0.39, 0.29) is 6.09 Å². The minimum absolute atomic E-state index is 0.243. The summed E-state index contributed by atoms with van der Waals surface area (Å²) in [5.41, 5.74) is 0.516. The summed E-state index contributed by atoms with van der Waals surface area (Å²) in [5, 5.41) is 3.34. The molecule has 104 valence electrons. The van der Waals surface area contributed by atoms with Gasteiger partial charge in [-0.3, -0.25) is 0 Å². The first kappa shape index (κ1) is 13.7. The van der Waals surface area contributed by atoms with E-state index >= 15 is 0 Å². The Morgan fingerprint density at radius 2 is 2.26 bits per heavy atom. The molecule has 0 radical (unpaired) electrons. The maximum absolute atomic E-state index is 11.7. The number of ether oxygens (including phenoxy) is 1. The second-order valence-electron chi connectivity index (χ2n) is 5.66. The van der Waals surface area contributed by atoms with Crippen LogP contribution in [0.4, 0.5) is 4.79 Å². The lowest BCUT2D eigenvalue weighted by Crippen LogP contribution is -2.60. The smallest absolute Gasteiger partial charge is 0.410 e. The summed E-state index contributed by atoms with van der Waals surface area (Å²) < 4.78 is 5.29. The van der Waals surface area contributed by atoms with E-state index in [9.17, 15) is 4.79 Å². The van der Waals surface area contributed by atoms with Gasteiger partial charge >= 0.3 is 6.09 Å². The molecule has 1 aromatic heterocycles. The maximum Gasteiger partial charge on any atom is 0.410 e. The molecule has 1 amide bonds. The van der Waals surface area contributed by atoms with E-state index in [1.165, 1.54) is 6.33 Å². The van der Waals surface area contributed by atoms with Crippen LogP contribution < -0.4 is 5.32 Å². The van der Waals surface area contributed by atoms with E-state index < -0.39 is 5.60 Å². The fourth-order valence-corrected chi connectivity index (χ4v) is 1.75. The fourth-order valence-electron chi connectivity index (χ4n) is 1.75. The summed E-state index contributed by atoms with van der Waals surface area (Å²) in [6.07, 6.45) is 3.01. The van der Waals surface area contributed by atoms with E-state index in [4.69, 9.17) is 4.74 Å². The average Bonchev–Trinajstić information content (AvgIpc) is 2.25. The molecule has 2 heterocycles. The summed E-state index contributed by atoms with van der Waals surface area (Å²) in [6.45, 7) is 7.66. The fraction of sp³-hybridized carbons (Fsp3) is 0.615. The molecule has 1 aromatic rings. The number of hydrogen-bond donors (Lipinski definition) is 1. The van der Waals surface area contributed by atoms with Crippen molar-refractivity contribution in [3.63, 3.8) is 0 Å². The number of amides is 1. The number of nitrogens with one attached hydrogen (secondary N) is 1. The van der Waals surface area contributed by atoms with Crippen LogP contribution in [0.15, 0.2) is 18.6 Å². The Morgan fingerprint density at radius 1 is 1.53 bits per heavy atom. The Bertz CT molecular complexity index is 424. The summed E-state index contributed by atoms with van der Waals surface area (Å²) in [4.78, 5) is 21.4. The number of likely N-dealkylation sites (tertiary alicyclic amines) is 1. The molecule has 1 fully saturated rings. The Morgan fingerprint density at radius 3 is 2.84 bits per heavy atom. The van der Waals surface area contributed by atoms with E-state index in [2.05, 4.69) is 15.3 Å². The molecule has 0 saturated carbocycles. The largest absolute Gasteiger partial charge is 0.444 e. The summed E-state index contributed by atoms with van der Waals surface area (Å²) in [7, 11) is 0. The second kappa shape index (κ2) is 5.52. The minimum atomic E-state index is -0.434. The molecule has 0 aromatic carbocycles. The quantitative estimate of drug-likeness (QED) is 0.888. The topological polar surface area (TPSA) is 67.3 Å². The van der Waals surface area contributed by atoms with Crippen molar-refractivity contribution in [2.75, 3.05) is 13.1 Å². The van der Waals surface area contributed by atoms with Crippen molar-refractivity contribution in [3.05, 3.63) is 24.3 Å². The van der Waals surface area contributed by atoms with Gasteiger partial charge in [-0.05, 0) is 26.8 Å². The van der Waals surface area contributed by atoms with E-state index in [1.807, 2.05) is 26.8 Å². The van der Waals surface area contributed by atoms with Gasteiger partial charge in [-0.2, -0.15) is 0 Å². The molecule has 6 heteroatoms. The van der Waals surface area contributed by atoms with Crippen LogP contribution in [-0.2, 0) is 11.3 Å². The molecule has 19 heavy (non-hydrogen) atoms. The maximum atomic E-state index is 11.7. The van der Waals surface area contributed by atoms with Crippen molar-refractivity contribution < 1.29 is 9.53 Å². The molecular formula is C13H20N4O2. The number of carbonyl (C=O) groups is 1. The lowest BCUT2D eigenvalue weighted by molar-refractivity contribution is 0.00516. The zero-order chi connectivity index (χ0) is 13.9. The lowest BCUT2D eigenvalue weighted by Gasteiger charge is -2.40. The Hall–Kier alpha value is -1.69. The van der Waals surface area contributed by atoms with Crippen molar-refractivity contribution in [2.24, 2.45) is 0 Å². The summed E-state index contributed by atoms with van der Waals surface area (Å²) >= 11 is 0. The summed E-state index contributed by atoms with van der Waals surface area (Å²) in [6, 6.07) is 2.18. The van der Waals surface area contributed by atoms with Crippen molar-refractivity contribution in [3.8, 4) is 0 Å². The van der Waals surface area contributed by atoms with Crippen LogP contribution in [0.3, 0.4) is 0 Å². The van der Waals surface area contributed by atoms with Gasteiger partial charge in [0.15, 0.2) is 0 Å². The highest BCUT2D eigenvalue weighted by molar-refractivity contribution is 5.69. The van der Waals surface area contributed by atoms with Crippen LogP contribution in [0.2, 0.25) is 0 Å². The van der Waals surface area contributed by atoms with Gasteiger partial charge in [0.25, 0.3) is 0 Å². The second-order valence-corrected chi connectivity index (χ2v) is 5.66. The number of rotatable bonds is 3. The van der Waals surface area contributed by atoms with Gasteiger partial charge in [0.1, 0.15) is 11.9 Å². The van der Waals surface area contributed by atoms with Gasteiger partial charge in [0.05, 0.1) is 5.69 Å². The standard InChI is InChI=1S/C13H20N4O2/c1-13(2,3)19-12(18)17-7-11(8-17)15-6-10-4-5-14-9-16-10/h4-5,9,11,15H,6-8H2,1-3H3. The van der Waals surface area contributed by atoms with Gasteiger partial charge in [-0.15, -0.1) is 0 Å². The number of nitrogens with zero attached hydrogens (tertiary/aromatic N) is 3. The first-order chi connectivity index (χ1) is 8.94. The van der Waals surface area contributed by atoms with Gasteiger partial charge < -0.3 is 15.0 Å². The zero-order valence-electron chi connectivity index (χ0n) is 11.6. The van der Waals surface area contributed by atoms with Crippen molar-refractivity contribution >= 4 is 6.09 Å². The van der Waals surface area contributed by atoms with Crippen molar-refractivity contribution in [1.82, 2.24) is 20.2 Å². The molecule has 0 bridgehead atoms. The predicted octanol–water partition coefficient (Wildman–Crippen LogP) is 1.19. The first-order valence-corrected chi connectivity index (χ1v) is 6.40. The van der Waals surface area contributed by atoms with E-state index in [0.717, 1.165) is 5.69 Å². The highest BCUT2D eigenvalue weighted by Gasteiger charge is 2.33. The van der Waals surface area contributed by atoms with Gasteiger partial charge in [-0.1, -0.05) is 0 Å². The van der Waals surface area contributed by atoms with E-state index in [0.29, 0.717) is 25.7 Å². The van der Waals surface area contributed by atoms with E-state index in [1.54, 1.807) is 11.1 Å². The SMILES string of the molecule is CC(C)(C)OC(=O)N1CC(NCc2ccncn2)C1. The summed E-state index contributed by atoms with van der Waals surface area (Å²) in [5.74, 6) is 0. The monoisotopic (exact) mass is 264 g/mol. The van der Waals surface area contributed by atoms with Crippen LogP contribution in [-0.4, -0.2) is 45.7 Å². The molecule has 1 aliphatic heterocycles. The molecule has 2 rings (SSSR count). The molecule has 1 saturated heterocycles. The van der Waals surface area contributed by atoms with Crippen molar-refractivity contribution in [2.45, 2.75) is 39.0 Å². The highest BCUT2D eigenvalue weighted by atomic mass is 16.6. The number of aromatic nitrogens is 2. The van der Waals surface area contributed by atoms with Gasteiger partial charge in [-0.25, -0.2) is 14.8 Å². The van der Waals surface area contributed by atoms with Crippen LogP contribution >= 0.6 is 0 Å². The normalized spacial score (nSPS) is 16.1. The van der Waals surface area contributed by atoms with Gasteiger partial charge in [0.2, 0.25) is 0 Å². The number of carbonyl (C=O) groups excluding carboxylic acids is 1. The van der Waals surface area contributed by atoms with Crippen LogP contribution in [0.25, 0.3) is 0 Å². The molecule has 0 spiro atoms. The van der Waals surface area contributed by atoms with Crippen LogP contribution in [0, 0.1) is 0 Å². The molecule has 0 unspecified atom stereocenters. The Kier molecular flexibility index (Phi) is 3.99. The molecule has 0 atom stereocenters. The zero-order valence-corrected chi connectivity index (χ0v) is 11.6. The first-order valence-electron chi connectivity index (χ1n) is 6.40. The third-order valence-corrected chi connectivity index (χ3v) is 2.75. The van der Waals surface area contributed by atoms with Gasteiger partial charge in [0, 0.05) is 31.9 Å². The molecule has 1 N–H and O–H groups in total. The van der Waals surface area contributed by atoms with Crippen LogP contribution in [0.5, 0.6) is 0 Å². The lowest BCUT2D eigenvalue weighted by atomic mass is 10.1. The molecule has 0 aliphatic carbocycles. The predicted molar refractivity (Wildman–Crippen MR) is 70.5 cm³/mol. The van der Waals surface area contributed by atoms with Crippen LogP contribution in [0.1, 0.15) is 26.5 Å². The Balaban J connectivity index is 1.68. The van der Waals surface area contributed by atoms with Crippen molar-refractivity contribution in [1.29, 1.82) is 0 Å². The third-order valence-electron chi connectivity index (χ3n) is 2.75. The highest BCUT2D eigenvalue weighted by Crippen LogP contribution is 2.15. The molecule has 6 nitrogen and oxygen atoms in total. The third kappa shape index (κ3) is 4.17. The Labute approximate surface area is 113 Å².